The molecule has 2 aromatic rings. The number of nitrogens with zero attached hydrogens (tertiary/aromatic N) is 4. The number of β-amino-alcohol motifs (C(OH)–C–C–N with tert-alkyl or cyclic N) is 1. The third-order valence-corrected chi connectivity index (χ3v) is 4.82. The normalized spacial score (nSPS) is 17.5. The quantitative estimate of drug-likeness (QED) is 0.783. The van der Waals surface area contributed by atoms with Gasteiger partial charge in [0, 0.05) is 37.1 Å². The van der Waals surface area contributed by atoms with Crippen molar-refractivity contribution in [1.29, 1.82) is 0 Å². The lowest BCUT2D eigenvalue weighted by Crippen LogP contribution is -2.40. The number of alkyl halides is 3. The number of piperidine rings is 1. The summed E-state index contributed by atoms with van der Waals surface area (Å²) in [6.45, 7) is 4.65. The van der Waals surface area contributed by atoms with Crippen molar-refractivity contribution in [2.75, 3.05) is 31.5 Å². The molecule has 3 rings (SSSR count). The molecule has 28 heavy (non-hydrogen) atoms. The van der Waals surface area contributed by atoms with Crippen molar-refractivity contribution in [1.82, 2.24) is 19.9 Å². The average Bonchev–Trinajstić information content (AvgIpc) is 2.68. The number of halogens is 3. The molecule has 1 saturated heterocycles. The Morgan fingerprint density at radius 1 is 1.21 bits per heavy atom. The topological polar surface area (TPSA) is 74.2 Å². The lowest BCUT2D eigenvalue weighted by Gasteiger charge is -2.31. The maximum atomic E-state index is 13.2. The van der Waals surface area contributed by atoms with Crippen LogP contribution in [0.3, 0.4) is 0 Å². The zero-order chi connectivity index (χ0) is 20.1. The van der Waals surface area contributed by atoms with Crippen LogP contribution in [0.1, 0.15) is 25.5 Å². The molecule has 0 saturated carbocycles. The van der Waals surface area contributed by atoms with Gasteiger partial charge in [-0.25, -0.2) is 9.97 Å². The molecule has 1 fully saturated rings. The van der Waals surface area contributed by atoms with Gasteiger partial charge in [-0.15, -0.1) is 0 Å². The zero-order valence-corrected chi connectivity index (χ0v) is 15.7. The van der Waals surface area contributed by atoms with Crippen LogP contribution in [0, 0.1) is 5.92 Å². The summed E-state index contributed by atoms with van der Waals surface area (Å²) in [5.41, 5.74) is -0.594. The van der Waals surface area contributed by atoms with Gasteiger partial charge in [0.05, 0.1) is 6.10 Å². The third kappa shape index (κ3) is 5.62. The molecular formula is C19H24F3N5O. The van der Waals surface area contributed by atoms with Crippen LogP contribution in [0.4, 0.5) is 19.0 Å². The molecule has 3 heterocycles. The molecule has 0 amide bonds. The molecule has 0 spiro atoms. The van der Waals surface area contributed by atoms with E-state index >= 15 is 0 Å². The summed E-state index contributed by atoms with van der Waals surface area (Å²) < 4.78 is 39.6. The highest BCUT2D eigenvalue weighted by atomic mass is 19.4. The Kier molecular flexibility index (Phi) is 6.46. The van der Waals surface area contributed by atoms with Crippen molar-refractivity contribution >= 4 is 5.82 Å². The van der Waals surface area contributed by atoms with E-state index < -0.39 is 18.0 Å². The summed E-state index contributed by atoms with van der Waals surface area (Å²) >= 11 is 0. The first kappa shape index (κ1) is 20.5. The number of hydrogen-bond donors (Lipinski definition) is 2. The van der Waals surface area contributed by atoms with Crippen LogP contribution in [0.25, 0.3) is 11.4 Å². The fourth-order valence-electron chi connectivity index (χ4n) is 3.14. The van der Waals surface area contributed by atoms with Gasteiger partial charge in [0.25, 0.3) is 0 Å². The van der Waals surface area contributed by atoms with Gasteiger partial charge in [0.1, 0.15) is 5.82 Å². The lowest BCUT2D eigenvalue weighted by atomic mass is 9.99. The molecule has 2 aromatic heterocycles. The number of pyridine rings is 1. The van der Waals surface area contributed by atoms with Gasteiger partial charge < -0.3 is 15.3 Å². The first-order valence-corrected chi connectivity index (χ1v) is 9.32. The van der Waals surface area contributed by atoms with E-state index in [1.165, 1.54) is 12.4 Å². The monoisotopic (exact) mass is 395 g/mol. The Labute approximate surface area is 161 Å². The largest absolute Gasteiger partial charge is 0.433 e. The van der Waals surface area contributed by atoms with Gasteiger partial charge in [-0.1, -0.05) is 6.92 Å². The van der Waals surface area contributed by atoms with Crippen molar-refractivity contribution in [3.8, 4) is 11.4 Å². The van der Waals surface area contributed by atoms with Gasteiger partial charge in [0.2, 0.25) is 0 Å². The van der Waals surface area contributed by atoms with Crippen LogP contribution in [-0.2, 0) is 6.18 Å². The summed E-state index contributed by atoms with van der Waals surface area (Å²) in [7, 11) is 0. The second kappa shape index (κ2) is 8.83. The second-order valence-electron chi connectivity index (χ2n) is 7.21. The van der Waals surface area contributed by atoms with Gasteiger partial charge in [-0.2, -0.15) is 13.2 Å². The smallest absolute Gasteiger partial charge is 0.390 e. The molecule has 2 N–H and O–H groups in total. The van der Waals surface area contributed by atoms with E-state index in [2.05, 4.69) is 32.1 Å². The summed E-state index contributed by atoms with van der Waals surface area (Å²) in [4.78, 5) is 13.8. The zero-order valence-electron chi connectivity index (χ0n) is 15.7. The standard InChI is InChI=1S/C19H24F3N5O/c1-13-4-8-27(9-5-13)12-15(28)11-24-17-10-16(19(20,21)22)25-18(26-17)14-2-6-23-7-3-14/h2-3,6-7,10,13,15,28H,4-5,8-9,11-12H2,1H3,(H,24,25,26). The van der Waals surface area contributed by atoms with E-state index in [1.54, 1.807) is 12.1 Å². The predicted octanol–water partition coefficient (Wildman–Crippen LogP) is 3.06. The van der Waals surface area contributed by atoms with Crippen molar-refractivity contribution in [3.63, 3.8) is 0 Å². The molecule has 0 aliphatic carbocycles. The fraction of sp³-hybridized carbons (Fsp3) is 0.526. The molecule has 1 aliphatic heterocycles. The lowest BCUT2D eigenvalue weighted by molar-refractivity contribution is -0.141. The maximum Gasteiger partial charge on any atom is 0.433 e. The summed E-state index contributed by atoms with van der Waals surface area (Å²) in [5.74, 6) is 0.680. The molecule has 1 unspecified atom stereocenters. The minimum atomic E-state index is -4.59. The number of aliphatic hydroxyl groups excluding tert-OH is 1. The van der Waals surface area contributed by atoms with Gasteiger partial charge in [-0.3, -0.25) is 4.98 Å². The van der Waals surface area contributed by atoms with Crippen LogP contribution in [0.15, 0.2) is 30.6 Å². The predicted molar refractivity (Wildman–Crippen MR) is 99.6 cm³/mol. The Balaban J connectivity index is 1.68. The van der Waals surface area contributed by atoms with Crippen LogP contribution in [-0.4, -0.2) is 57.2 Å². The molecular weight excluding hydrogens is 371 g/mol. The Hall–Kier alpha value is -2.26. The molecule has 1 aliphatic rings. The summed E-state index contributed by atoms with van der Waals surface area (Å²) in [6, 6.07) is 3.96. The van der Waals surface area contributed by atoms with Crippen LogP contribution >= 0.6 is 0 Å². The van der Waals surface area contributed by atoms with E-state index in [0.717, 1.165) is 32.0 Å². The van der Waals surface area contributed by atoms with E-state index in [0.29, 0.717) is 18.0 Å². The summed E-state index contributed by atoms with van der Waals surface area (Å²) in [6.07, 6.45) is -0.177. The van der Waals surface area contributed by atoms with Crippen molar-refractivity contribution in [3.05, 3.63) is 36.3 Å². The SMILES string of the molecule is CC1CCN(CC(O)CNc2cc(C(F)(F)F)nc(-c3ccncc3)n2)CC1. The molecule has 0 bridgehead atoms. The fourth-order valence-corrected chi connectivity index (χ4v) is 3.14. The highest BCUT2D eigenvalue weighted by molar-refractivity contribution is 5.57. The van der Waals surface area contributed by atoms with Crippen molar-refractivity contribution in [2.45, 2.75) is 32.0 Å². The first-order valence-electron chi connectivity index (χ1n) is 9.32. The molecule has 9 heteroatoms. The Bertz CT molecular complexity index is 764. The Morgan fingerprint density at radius 3 is 2.54 bits per heavy atom. The van der Waals surface area contributed by atoms with E-state index in [-0.39, 0.29) is 18.2 Å². The van der Waals surface area contributed by atoms with Crippen molar-refractivity contribution in [2.24, 2.45) is 5.92 Å². The number of likely N-dealkylation sites (tertiary alicyclic amines) is 1. The number of nitrogens with one attached hydrogen (secondary N) is 1. The molecule has 1 atom stereocenters. The van der Waals surface area contributed by atoms with Crippen LogP contribution in [0.5, 0.6) is 0 Å². The minimum absolute atomic E-state index is 0.0282. The molecule has 0 radical (unpaired) electrons. The van der Waals surface area contributed by atoms with Crippen LogP contribution < -0.4 is 5.32 Å². The Morgan fingerprint density at radius 2 is 1.89 bits per heavy atom. The average molecular weight is 395 g/mol. The van der Waals surface area contributed by atoms with Gasteiger partial charge in [0.15, 0.2) is 11.5 Å². The van der Waals surface area contributed by atoms with Gasteiger partial charge >= 0.3 is 6.18 Å². The number of rotatable bonds is 6. The number of hydrogen-bond acceptors (Lipinski definition) is 6. The second-order valence-corrected chi connectivity index (χ2v) is 7.21. The summed E-state index contributed by atoms with van der Waals surface area (Å²) in [5, 5.41) is 13.1. The molecule has 6 nitrogen and oxygen atoms in total. The van der Waals surface area contributed by atoms with Gasteiger partial charge in [-0.05, 0) is 44.0 Å². The van der Waals surface area contributed by atoms with Crippen molar-refractivity contribution < 1.29 is 18.3 Å². The maximum absolute atomic E-state index is 13.2. The van der Waals surface area contributed by atoms with E-state index in [4.69, 9.17) is 0 Å². The van der Waals surface area contributed by atoms with E-state index in [1.807, 2.05) is 0 Å². The first-order chi connectivity index (χ1) is 13.3. The molecule has 152 valence electrons. The van der Waals surface area contributed by atoms with E-state index in [9.17, 15) is 18.3 Å². The number of aliphatic hydroxyl groups is 1. The highest BCUT2D eigenvalue weighted by Crippen LogP contribution is 2.30. The number of anilines is 1. The highest BCUT2D eigenvalue weighted by Gasteiger charge is 2.34. The van der Waals surface area contributed by atoms with Crippen LogP contribution in [0.2, 0.25) is 0 Å². The third-order valence-electron chi connectivity index (χ3n) is 4.82. The minimum Gasteiger partial charge on any atom is -0.390 e. The molecule has 0 aromatic carbocycles. The number of aromatic nitrogens is 3.